The number of carbonyl (C=O) groups excluding carboxylic acids is 4. The molecule has 15 nitrogen and oxygen atoms in total. The number of nitrogens with one attached hydrogen (secondary N) is 2. The van der Waals surface area contributed by atoms with Crippen LogP contribution < -0.4 is 21.3 Å². The molecule has 16 heteroatoms. The largest absolute Gasteiger partial charge is 0.508 e. The van der Waals surface area contributed by atoms with Gasteiger partial charge in [-0.15, -0.1) is 0 Å². The fraction of sp³-hybridized carbons (Fsp3) is 0.308. The van der Waals surface area contributed by atoms with E-state index >= 15 is 0 Å². The van der Waals surface area contributed by atoms with Crippen molar-refractivity contribution in [3.63, 3.8) is 0 Å². The molecule has 3 aromatic carbocycles. The van der Waals surface area contributed by atoms with Crippen molar-refractivity contribution in [3.05, 3.63) is 93.8 Å². The number of alkyl carbamates (subject to hydrolysis) is 1. The van der Waals surface area contributed by atoms with Gasteiger partial charge in [0.25, 0.3) is 5.91 Å². The van der Waals surface area contributed by atoms with E-state index in [1.807, 2.05) is 48.5 Å². The summed E-state index contributed by atoms with van der Waals surface area (Å²) in [6.07, 6.45) is -2.77. The molecule has 0 aliphatic heterocycles. The van der Waals surface area contributed by atoms with Crippen molar-refractivity contribution in [2.75, 3.05) is 45.0 Å². The molecule has 0 saturated heterocycles. The summed E-state index contributed by atoms with van der Waals surface area (Å²) < 4.78 is 5.58. The number of aliphatic hydroxyl groups is 4. The zero-order valence-corrected chi connectivity index (χ0v) is 31.0. The second-order valence-electron chi connectivity index (χ2n) is 14.5. The van der Waals surface area contributed by atoms with Crippen molar-refractivity contribution in [1.29, 1.82) is 0 Å². The monoisotopic (exact) mass is 769 g/mol. The molecule has 5 atom stereocenters. The zero-order chi connectivity index (χ0) is 39.8. The van der Waals surface area contributed by atoms with Gasteiger partial charge < -0.3 is 46.2 Å². The van der Waals surface area contributed by atoms with Crippen LogP contribution in [0, 0.1) is 11.8 Å². The van der Waals surface area contributed by atoms with Crippen LogP contribution in [-0.4, -0.2) is 112 Å². The van der Waals surface area contributed by atoms with Gasteiger partial charge in [0.05, 0.1) is 29.3 Å². The number of hydrogen-bond donors (Lipinski definition) is 8. The molecule has 1 saturated carbocycles. The summed E-state index contributed by atoms with van der Waals surface area (Å²) in [6, 6.07) is 15.7. The Labute approximate surface area is 320 Å². The molecule has 5 unspecified atom stereocenters. The molecule has 0 heterocycles. The van der Waals surface area contributed by atoms with Gasteiger partial charge in [-0.3, -0.25) is 24.6 Å². The average molecular weight is 770 g/mol. The molecule has 55 heavy (non-hydrogen) atoms. The number of anilines is 2. The number of Topliss-reactive ketones (excluding diaryl/α,β-unsaturated/α-hetero) is 2. The maximum absolute atomic E-state index is 14.3. The number of carbonyl (C=O) groups is 4. The first-order valence-electron chi connectivity index (χ1n) is 17.3. The summed E-state index contributed by atoms with van der Waals surface area (Å²) >= 11 is 5.39. The second-order valence-corrected chi connectivity index (χ2v) is 14.9. The molecule has 0 aromatic heterocycles. The highest BCUT2D eigenvalue weighted by molar-refractivity contribution is 7.80. The van der Waals surface area contributed by atoms with Crippen LogP contribution in [0.15, 0.2) is 71.5 Å². The maximum atomic E-state index is 14.3. The first-order valence-corrected chi connectivity index (χ1v) is 17.7. The Morgan fingerprint density at radius 2 is 1.60 bits per heavy atom. The number of nitrogens with zero attached hydrogens (tertiary/aromatic N) is 2. The van der Waals surface area contributed by atoms with Crippen molar-refractivity contribution in [2.24, 2.45) is 17.6 Å². The first-order chi connectivity index (χ1) is 26.0. The van der Waals surface area contributed by atoms with E-state index in [1.54, 1.807) is 19.0 Å². The molecule has 4 aliphatic rings. The fourth-order valence-corrected chi connectivity index (χ4v) is 8.87. The lowest BCUT2D eigenvalue weighted by Gasteiger charge is -2.52. The minimum absolute atomic E-state index is 0.0160. The van der Waals surface area contributed by atoms with Crippen LogP contribution in [0.25, 0.3) is 16.9 Å². The number of phenolic OH excluding ortho intramolecular Hbond substituents is 1. The fourth-order valence-electron chi connectivity index (χ4n) is 8.68. The molecule has 0 radical (unpaired) electrons. The van der Waals surface area contributed by atoms with Gasteiger partial charge in [-0.2, -0.15) is 0 Å². The summed E-state index contributed by atoms with van der Waals surface area (Å²) in [5.41, 5.74) is 5.32. The Morgan fingerprint density at radius 3 is 2.16 bits per heavy atom. The molecule has 286 valence electrons. The summed E-state index contributed by atoms with van der Waals surface area (Å²) in [4.78, 5) is 55.9. The van der Waals surface area contributed by atoms with Crippen molar-refractivity contribution >= 4 is 58.0 Å². The van der Waals surface area contributed by atoms with Crippen LogP contribution >= 0.6 is 12.2 Å². The van der Waals surface area contributed by atoms with Gasteiger partial charge >= 0.3 is 6.09 Å². The van der Waals surface area contributed by atoms with Gasteiger partial charge in [-0.1, -0.05) is 48.5 Å². The number of rotatable bonds is 6. The van der Waals surface area contributed by atoms with Crippen molar-refractivity contribution in [3.8, 4) is 16.9 Å². The van der Waals surface area contributed by atoms with Gasteiger partial charge in [0.1, 0.15) is 29.4 Å². The Balaban J connectivity index is 1.19. The standard InChI is InChI=1S/C39H39N5O10S/c1-43(2)24-14-23(41-37(55)42-38(52)54-15-22-18-11-7-5-9-16(18)17-10-6-8-12-19(17)22)31(46)25-20(24)13-21-26(32(25)47)34(49)39(53)28(30(21)45)29(44(3)4)33(48)27(35(39)50)36(40)51/h5-12,14,21-22,28-30,45-47,50,53H,13,15H2,1-4H3,(H2,40,51)(H2,41,42,52,55). The number of likely N-dealkylation sites (N-methyl/N-ethyl adjacent to an activating group) is 1. The Morgan fingerprint density at radius 1 is 1.00 bits per heavy atom. The van der Waals surface area contributed by atoms with Crippen LogP contribution in [0.4, 0.5) is 16.2 Å². The Kier molecular flexibility index (Phi) is 9.20. The van der Waals surface area contributed by atoms with E-state index in [0.29, 0.717) is 11.3 Å². The van der Waals surface area contributed by atoms with Crippen LogP contribution in [-0.2, 0) is 25.5 Å². The number of thiocarbonyl (C=S) groups is 1. The summed E-state index contributed by atoms with van der Waals surface area (Å²) in [7, 11) is 6.22. The number of hydrogen-bond acceptors (Lipinski definition) is 13. The molecule has 9 N–H and O–H groups in total. The predicted octanol–water partition coefficient (Wildman–Crippen LogP) is 2.24. The lowest BCUT2D eigenvalue weighted by atomic mass is 9.56. The molecule has 3 aromatic rings. The molecule has 0 spiro atoms. The van der Waals surface area contributed by atoms with Gasteiger partial charge in [-0.25, -0.2) is 4.79 Å². The van der Waals surface area contributed by atoms with Crippen molar-refractivity contribution in [2.45, 2.75) is 30.1 Å². The number of amides is 2. The van der Waals surface area contributed by atoms with E-state index in [2.05, 4.69) is 10.6 Å². The van der Waals surface area contributed by atoms with Crippen LogP contribution in [0.2, 0.25) is 0 Å². The van der Waals surface area contributed by atoms with Crippen LogP contribution in [0.5, 0.6) is 5.75 Å². The minimum Gasteiger partial charge on any atom is -0.508 e. The number of aromatic hydroxyl groups is 1. The predicted molar refractivity (Wildman–Crippen MR) is 204 cm³/mol. The van der Waals surface area contributed by atoms with E-state index in [0.717, 1.165) is 22.3 Å². The number of aliphatic hydroxyl groups excluding tert-OH is 3. The molecule has 2 amide bonds. The average Bonchev–Trinajstić information content (AvgIpc) is 3.44. The molecular weight excluding hydrogens is 731 g/mol. The van der Waals surface area contributed by atoms with Gasteiger partial charge in [0.15, 0.2) is 16.5 Å². The van der Waals surface area contributed by atoms with E-state index in [1.165, 1.54) is 25.1 Å². The maximum Gasteiger partial charge on any atom is 0.413 e. The smallest absolute Gasteiger partial charge is 0.413 e. The molecule has 4 aliphatic carbocycles. The molecule has 7 rings (SSSR count). The number of phenols is 1. The van der Waals surface area contributed by atoms with E-state index in [4.69, 9.17) is 22.7 Å². The second kappa shape index (κ2) is 13.5. The van der Waals surface area contributed by atoms with E-state index in [-0.39, 0.29) is 35.3 Å². The van der Waals surface area contributed by atoms with Crippen molar-refractivity contribution < 1.29 is 49.4 Å². The van der Waals surface area contributed by atoms with Gasteiger partial charge in [-0.05, 0) is 66.6 Å². The third-order valence-electron chi connectivity index (χ3n) is 11.1. The quantitative estimate of drug-likeness (QED) is 0.102. The highest BCUT2D eigenvalue weighted by Gasteiger charge is 2.67. The zero-order valence-electron chi connectivity index (χ0n) is 30.2. The van der Waals surface area contributed by atoms with Crippen LogP contribution in [0.3, 0.4) is 0 Å². The summed E-state index contributed by atoms with van der Waals surface area (Å²) in [5.74, 6) is -9.54. The first kappa shape index (κ1) is 37.5. The molecular formula is C39H39N5O10S. The third-order valence-corrected chi connectivity index (χ3v) is 11.3. The molecule has 1 fully saturated rings. The summed E-state index contributed by atoms with van der Waals surface area (Å²) in [5, 5.41) is 63.2. The topological polar surface area (TPSA) is 235 Å². The van der Waals surface area contributed by atoms with E-state index < -0.39 is 81.6 Å². The van der Waals surface area contributed by atoms with Crippen LogP contribution in [0.1, 0.15) is 28.2 Å². The minimum atomic E-state index is -3.05. The normalized spacial score (nSPS) is 24.1. The van der Waals surface area contributed by atoms with Gasteiger partial charge in [0.2, 0.25) is 5.78 Å². The Bertz CT molecular complexity index is 2240. The lowest BCUT2D eigenvalue weighted by molar-refractivity contribution is -0.168. The number of nitrogens with two attached hydrogens (primary N) is 1. The van der Waals surface area contributed by atoms with Crippen molar-refractivity contribution in [1.82, 2.24) is 10.2 Å². The number of ether oxygens (including phenoxy) is 1. The molecule has 0 bridgehead atoms. The number of primary amides is 1. The summed E-state index contributed by atoms with van der Waals surface area (Å²) in [6.45, 7) is 0.0160. The SMILES string of the molecule is CN(C)c1cc(NC(=S)NC(=O)OCC2c3ccccc3-c3ccccc32)c(O)c2c1CC1C(=C2O)C(=O)C2(O)C(O)=C(C(N)=O)C(=O)C(N(C)C)C2C1O. The highest BCUT2D eigenvalue weighted by Crippen LogP contribution is 2.55. The lowest BCUT2D eigenvalue weighted by Crippen LogP contribution is -2.70. The number of ketones is 2. The van der Waals surface area contributed by atoms with Gasteiger partial charge in [0, 0.05) is 37.2 Å². The Hall–Kier alpha value is -5.81. The number of benzene rings is 3. The van der Waals surface area contributed by atoms with E-state index in [9.17, 15) is 44.7 Å². The highest BCUT2D eigenvalue weighted by atomic mass is 32.1. The third kappa shape index (κ3) is 5.63. The number of fused-ring (bicyclic) bond motifs is 6.